The van der Waals surface area contributed by atoms with E-state index in [1.165, 1.54) is 17.3 Å². The fourth-order valence-corrected chi connectivity index (χ4v) is 1.82. The summed E-state index contributed by atoms with van der Waals surface area (Å²) in [6, 6.07) is 0. The van der Waals surface area contributed by atoms with E-state index < -0.39 is 0 Å². The summed E-state index contributed by atoms with van der Waals surface area (Å²) >= 11 is 0. The normalized spacial score (nSPS) is 8.78. The van der Waals surface area contributed by atoms with Gasteiger partial charge in [0.05, 0.1) is 0 Å². The van der Waals surface area contributed by atoms with Crippen LogP contribution in [-0.4, -0.2) is 17.3 Å². The molecular weight excluding hydrogens is 152 g/mol. The van der Waals surface area contributed by atoms with Gasteiger partial charge < -0.3 is 12.4 Å². The Labute approximate surface area is 67.5 Å². The summed E-state index contributed by atoms with van der Waals surface area (Å²) in [4.78, 5) is 0. The molecule has 0 aromatic rings. The van der Waals surface area contributed by atoms with Gasteiger partial charge in [-0.15, -0.1) is 0 Å². The van der Waals surface area contributed by atoms with E-state index in [2.05, 4.69) is 20.4 Å². The quantitative estimate of drug-likeness (QED) is 0.365. The summed E-state index contributed by atoms with van der Waals surface area (Å²) in [6.45, 7) is 8.20. The van der Waals surface area contributed by atoms with E-state index >= 15 is 0 Å². The second kappa shape index (κ2) is 8.38. The van der Waals surface area contributed by atoms with E-state index in [1.807, 2.05) is 6.08 Å². The third kappa shape index (κ3) is 6.26. The van der Waals surface area contributed by atoms with Gasteiger partial charge in [0.25, 0.3) is 0 Å². The van der Waals surface area contributed by atoms with Crippen LogP contribution >= 0.6 is 0 Å². The van der Waals surface area contributed by atoms with Gasteiger partial charge >= 0.3 is 0 Å². The molecule has 0 radical (unpaired) electrons. The summed E-state index contributed by atoms with van der Waals surface area (Å²) in [6.07, 6.45) is 2.02. The van der Waals surface area contributed by atoms with Gasteiger partial charge in [-0.25, -0.2) is 0 Å². The van der Waals surface area contributed by atoms with E-state index in [1.54, 1.807) is 0 Å². The summed E-state index contributed by atoms with van der Waals surface area (Å²) in [5, 5.41) is 0. The second-order valence-corrected chi connectivity index (χ2v) is 4.36. The predicted octanol–water partition coefficient (Wildman–Crippen LogP) is -1.17. The molecule has 56 valence electrons. The van der Waals surface area contributed by atoms with Gasteiger partial charge in [0, 0.05) is 0 Å². The molecule has 0 bridgehead atoms. The minimum Gasteiger partial charge on any atom is -1.00 e. The smallest absolute Gasteiger partial charge is 0.126 e. The second-order valence-electron chi connectivity index (χ2n) is 1.65. The molecule has 0 N–H and O–H groups in total. The monoisotopic (exact) mass is 166 g/mol. The number of halogens is 1. The van der Waals surface area contributed by atoms with E-state index in [-0.39, 0.29) is 12.4 Å². The van der Waals surface area contributed by atoms with Crippen molar-refractivity contribution in [2.45, 2.75) is 13.8 Å². The molecule has 0 fully saturated rings. The Morgan fingerprint density at radius 2 is 1.78 bits per heavy atom. The average molecular weight is 167 g/mol. The highest BCUT2D eigenvalue weighted by atomic mass is 35.5. The zero-order valence-corrected chi connectivity index (χ0v) is 7.76. The SMILES string of the molecule is C=CC[S+](CC)CC.[Cl-]. The maximum Gasteiger partial charge on any atom is 0.126 e. The van der Waals surface area contributed by atoms with Crippen molar-refractivity contribution in [1.82, 2.24) is 0 Å². The van der Waals surface area contributed by atoms with E-state index in [4.69, 9.17) is 0 Å². The number of hydrogen-bond acceptors (Lipinski definition) is 0. The minimum atomic E-state index is 0. The molecule has 0 aliphatic heterocycles. The Kier molecular flexibility index (Phi) is 11.3. The number of rotatable bonds is 4. The van der Waals surface area contributed by atoms with Crippen molar-refractivity contribution in [2.75, 3.05) is 17.3 Å². The Bertz CT molecular complexity index is 59.9. The number of hydrogen-bond donors (Lipinski definition) is 0. The first-order valence-electron chi connectivity index (χ1n) is 3.10. The third-order valence-corrected chi connectivity index (χ3v) is 3.51. The zero-order chi connectivity index (χ0) is 6.41. The molecule has 0 nitrogen and oxygen atoms in total. The molecule has 0 unspecified atom stereocenters. The Morgan fingerprint density at radius 3 is 1.89 bits per heavy atom. The lowest BCUT2D eigenvalue weighted by Gasteiger charge is -1.96. The lowest BCUT2D eigenvalue weighted by Crippen LogP contribution is -3.00. The topological polar surface area (TPSA) is 0 Å². The fourth-order valence-electron chi connectivity index (χ4n) is 0.606. The van der Waals surface area contributed by atoms with Crippen molar-refractivity contribution < 1.29 is 12.4 Å². The van der Waals surface area contributed by atoms with Crippen LogP contribution in [0, 0.1) is 0 Å². The van der Waals surface area contributed by atoms with Gasteiger partial charge in [-0.1, -0.05) is 6.58 Å². The van der Waals surface area contributed by atoms with E-state index in [0.717, 1.165) is 0 Å². The van der Waals surface area contributed by atoms with Crippen molar-refractivity contribution in [3.8, 4) is 0 Å². The molecular formula is C7H15ClS. The van der Waals surface area contributed by atoms with Gasteiger partial charge in [-0.3, -0.25) is 0 Å². The van der Waals surface area contributed by atoms with E-state index in [9.17, 15) is 0 Å². The maximum atomic E-state index is 3.70. The van der Waals surface area contributed by atoms with Crippen LogP contribution in [-0.2, 0) is 10.9 Å². The van der Waals surface area contributed by atoms with Crippen LogP contribution in [0.25, 0.3) is 0 Å². The van der Waals surface area contributed by atoms with Crippen molar-refractivity contribution >= 4 is 10.9 Å². The summed E-state index contributed by atoms with van der Waals surface area (Å²) in [5.41, 5.74) is 0. The van der Waals surface area contributed by atoms with Crippen LogP contribution in [0.3, 0.4) is 0 Å². The molecule has 0 saturated carbocycles. The lowest BCUT2D eigenvalue weighted by atomic mass is 10.8. The Balaban J connectivity index is 0. The van der Waals surface area contributed by atoms with Crippen LogP contribution in [0.1, 0.15) is 13.8 Å². The van der Waals surface area contributed by atoms with Crippen LogP contribution in [0.5, 0.6) is 0 Å². The predicted molar refractivity (Wildman–Crippen MR) is 43.5 cm³/mol. The first-order valence-corrected chi connectivity index (χ1v) is 4.83. The minimum absolute atomic E-state index is 0. The van der Waals surface area contributed by atoms with Crippen molar-refractivity contribution in [3.63, 3.8) is 0 Å². The highest BCUT2D eigenvalue weighted by molar-refractivity contribution is 7.96. The van der Waals surface area contributed by atoms with Gasteiger partial charge in [0.2, 0.25) is 0 Å². The Morgan fingerprint density at radius 1 is 1.33 bits per heavy atom. The maximum absolute atomic E-state index is 3.70. The van der Waals surface area contributed by atoms with Gasteiger partial charge in [0.1, 0.15) is 17.3 Å². The molecule has 0 heterocycles. The van der Waals surface area contributed by atoms with Crippen molar-refractivity contribution in [2.24, 2.45) is 0 Å². The van der Waals surface area contributed by atoms with Crippen LogP contribution in [0.4, 0.5) is 0 Å². The summed E-state index contributed by atoms with van der Waals surface area (Å²) in [7, 11) is 0.644. The van der Waals surface area contributed by atoms with Crippen LogP contribution < -0.4 is 12.4 Å². The first-order chi connectivity index (χ1) is 3.85. The fraction of sp³-hybridized carbons (Fsp3) is 0.714. The average Bonchev–Trinajstić information content (AvgIpc) is 1.83. The lowest BCUT2D eigenvalue weighted by molar-refractivity contribution is -0.00000182. The highest BCUT2D eigenvalue weighted by Crippen LogP contribution is 1.94. The zero-order valence-electron chi connectivity index (χ0n) is 6.19. The first kappa shape index (κ1) is 12.1. The highest BCUT2D eigenvalue weighted by Gasteiger charge is 2.06. The summed E-state index contributed by atoms with van der Waals surface area (Å²) in [5.74, 6) is 3.86. The summed E-state index contributed by atoms with van der Waals surface area (Å²) < 4.78 is 0. The molecule has 0 aliphatic carbocycles. The molecule has 0 rings (SSSR count). The van der Waals surface area contributed by atoms with Gasteiger partial charge in [0.15, 0.2) is 0 Å². The van der Waals surface area contributed by atoms with Gasteiger partial charge in [-0.2, -0.15) is 0 Å². The molecule has 0 amide bonds. The van der Waals surface area contributed by atoms with Crippen molar-refractivity contribution in [3.05, 3.63) is 12.7 Å². The molecule has 0 saturated heterocycles. The molecule has 9 heavy (non-hydrogen) atoms. The molecule has 0 atom stereocenters. The molecule has 0 aromatic carbocycles. The van der Waals surface area contributed by atoms with E-state index in [0.29, 0.717) is 10.9 Å². The van der Waals surface area contributed by atoms with Crippen LogP contribution in [0.15, 0.2) is 12.7 Å². The molecule has 0 aliphatic rings. The Hall–Kier alpha value is 0.380. The largest absolute Gasteiger partial charge is 1.00 e. The van der Waals surface area contributed by atoms with Gasteiger partial charge in [-0.05, 0) is 30.8 Å². The molecule has 0 spiro atoms. The molecule has 0 aromatic heterocycles. The third-order valence-electron chi connectivity index (χ3n) is 1.17. The molecule has 2 heteroatoms. The standard InChI is InChI=1S/C7H15S.ClH/c1-4-7-8(5-2)6-3;/h4H,1,5-7H2,2-3H3;1H/q+1;/p-1. The van der Waals surface area contributed by atoms with Crippen LogP contribution in [0.2, 0.25) is 0 Å². The van der Waals surface area contributed by atoms with Crippen molar-refractivity contribution in [1.29, 1.82) is 0 Å².